The van der Waals surface area contributed by atoms with Gasteiger partial charge in [0.1, 0.15) is 0 Å². The maximum Gasteiger partial charge on any atom is 0.338 e. The van der Waals surface area contributed by atoms with Crippen molar-refractivity contribution in [1.82, 2.24) is 0 Å². The van der Waals surface area contributed by atoms with Gasteiger partial charge in [-0.25, -0.2) is 4.79 Å². The second-order valence-corrected chi connectivity index (χ2v) is 6.00. The van der Waals surface area contributed by atoms with Gasteiger partial charge in [0.15, 0.2) is 0 Å². The van der Waals surface area contributed by atoms with E-state index in [0.717, 1.165) is 3.57 Å². The molecule has 0 aliphatic heterocycles. The number of carbonyl (C=O) groups is 1. The third kappa shape index (κ3) is 3.60. The van der Waals surface area contributed by atoms with Crippen molar-refractivity contribution in [2.75, 3.05) is 12.3 Å². The summed E-state index contributed by atoms with van der Waals surface area (Å²) in [5.41, 5.74) is 6.95. The second kappa shape index (κ2) is 6.41. The number of anilines is 1. The highest BCUT2D eigenvalue weighted by atomic mass is 127. The molecule has 0 heterocycles. The molecular weight excluding hydrogens is 341 g/mol. The van der Waals surface area contributed by atoms with Crippen molar-refractivity contribution < 1.29 is 9.53 Å². The quantitative estimate of drug-likeness (QED) is 0.510. The SMILES string of the molecule is Nc1cc(C(=O)OCC2CCCCC2)ccc1I. The normalized spacial score (nSPS) is 16.5. The van der Waals surface area contributed by atoms with Gasteiger partial charge >= 0.3 is 5.97 Å². The van der Waals surface area contributed by atoms with Crippen LogP contribution in [-0.4, -0.2) is 12.6 Å². The minimum Gasteiger partial charge on any atom is -0.462 e. The first-order valence-electron chi connectivity index (χ1n) is 6.39. The van der Waals surface area contributed by atoms with Crippen LogP contribution in [0.15, 0.2) is 18.2 Å². The summed E-state index contributed by atoms with van der Waals surface area (Å²) in [5.74, 6) is 0.285. The van der Waals surface area contributed by atoms with Gasteiger partial charge in [-0.15, -0.1) is 0 Å². The van der Waals surface area contributed by atoms with E-state index in [0.29, 0.717) is 23.8 Å². The molecule has 1 aromatic carbocycles. The third-order valence-electron chi connectivity index (χ3n) is 3.41. The van der Waals surface area contributed by atoms with E-state index in [-0.39, 0.29) is 5.97 Å². The van der Waals surface area contributed by atoms with Crippen LogP contribution >= 0.6 is 22.6 Å². The molecule has 98 valence electrons. The van der Waals surface area contributed by atoms with Crippen molar-refractivity contribution >= 4 is 34.2 Å². The van der Waals surface area contributed by atoms with Gasteiger partial charge in [0.2, 0.25) is 0 Å². The maximum absolute atomic E-state index is 11.9. The molecule has 0 atom stereocenters. The van der Waals surface area contributed by atoms with Crippen molar-refractivity contribution in [1.29, 1.82) is 0 Å². The number of halogens is 1. The van der Waals surface area contributed by atoms with Crippen molar-refractivity contribution in [2.24, 2.45) is 5.92 Å². The van der Waals surface area contributed by atoms with Crippen LogP contribution in [-0.2, 0) is 4.74 Å². The summed E-state index contributed by atoms with van der Waals surface area (Å²) in [6.45, 7) is 0.546. The summed E-state index contributed by atoms with van der Waals surface area (Å²) in [6.07, 6.45) is 6.21. The highest BCUT2D eigenvalue weighted by Gasteiger charge is 2.16. The lowest BCUT2D eigenvalue weighted by Crippen LogP contribution is -2.17. The molecule has 0 aromatic heterocycles. The van der Waals surface area contributed by atoms with E-state index in [1.165, 1.54) is 32.1 Å². The molecular formula is C14H18INO2. The predicted octanol–water partition coefficient (Wildman–Crippen LogP) is 3.61. The van der Waals surface area contributed by atoms with E-state index in [1.807, 2.05) is 6.07 Å². The van der Waals surface area contributed by atoms with E-state index in [1.54, 1.807) is 12.1 Å². The first kappa shape index (κ1) is 13.6. The summed E-state index contributed by atoms with van der Waals surface area (Å²) in [7, 11) is 0. The number of benzene rings is 1. The van der Waals surface area contributed by atoms with Gasteiger partial charge in [-0.1, -0.05) is 19.3 Å². The van der Waals surface area contributed by atoms with Gasteiger partial charge in [0, 0.05) is 9.26 Å². The molecule has 0 unspecified atom stereocenters. The van der Waals surface area contributed by atoms with Crippen molar-refractivity contribution in [2.45, 2.75) is 32.1 Å². The molecule has 3 nitrogen and oxygen atoms in total. The van der Waals surface area contributed by atoms with Crippen LogP contribution in [0.25, 0.3) is 0 Å². The van der Waals surface area contributed by atoms with Gasteiger partial charge in [-0.3, -0.25) is 0 Å². The van der Waals surface area contributed by atoms with Crippen LogP contribution in [0.2, 0.25) is 0 Å². The molecule has 1 fully saturated rings. The number of nitrogens with two attached hydrogens (primary N) is 1. The van der Waals surface area contributed by atoms with Crippen LogP contribution in [0.4, 0.5) is 5.69 Å². The third-order valence-corrected chi connectivity index (χ3v) is 4.39. The van der Waals surface area contributed by atoms with Crippen molar-refractivity contribution in [3.63, 3.8) is 0 Å². The Kier molecular flexibility index (Phi) is 4.86. The summed E-state index contributed by atoms with van der Waals surface area (Å²) in [5, 5.41) is 0. The lowest BCUT2D eigenvalue weighted by Gasteiger charge is -2.21. The number of ether oxygens (including phenoxy) is 1. The number of carbonyl (C=O) groups excluding carboxylic acids is 1. The van der Waals surface area contributed by atoms with Crippen LogP contribution in [0.1, 0.15) is 42.5 Å². The molecule has 2 rings (SSSR count). The van der Waals surface area contributed by atoms with Crippen LogP contribution in [0, 0.1) is 9.49 Å². The zero-order valence-electron chi connectivity index (χ0n) is 10.3. The summed E-state index contributed by atoms with van der Waals surface area (Å²) in [4.78, 5) is 11.9. The Morgan fingerprint density at radius 2 is 2.06 bits per heavy atom. The maximum atomic E-state index is 11.9. The molecule has 0 amide bonds. The Morgan fingerprint density at radius 3 is 2.72 bits per heavy atom. The Bertz CT molecular complexity index is 428. The molecule has 0 radical (unpaired) electrons. The second-order valence-electron chi connectivity index (χ2n) is 4.84. The standard InChI is InChI=1S/C14H18INO2/c15-12-7-6-11(8-13(12)16)14(17)18-9-10-4-2-1-3-5-10/h6-8,10H,1-5,9,16H2. The van der Waals surface area contributed by atoms with Crippen LogP contribution in [0.3, 0.4) is 0 Å². The molecule has 1 aliphatic rings. The molecule has 1 aromatic rings. The van der Waals surface area contributed by atoms with Gasteiger partial charge in [-0.2, -0.15) is 0 Å². The van der Waals surface area contributed by atoms with E-state index in [2.05, 4.69) is 22.6 Å². The average molecular weight is 359 g/mol. The van der Waals surface area contributed by atoms with E-state index in [4.69, 9.17) is 10.5 Å². The smallest absolute Gasteiger partial charge is 0.338 e. The Hall–Kier alpha value is -0.780. The fourth-order valence-electron chi connectivity index (χ4n) is 2.30. The minimum absolute atomic E-state index is 0.260. The van der Waals surface area contributed by atoms with E-state index >= 15 is 0 Å². The van der Waals surface area contributed by atoms with Gasteiger partial charge in [0.05, 0.1) is 12.2 Å². The highest BCUT2D eigenvalue weighted by Crippen LogP contribution is 2.24. The predicted molar refractivity (Wildman–Crippen MR) is 80.4 cm³/mol. The fraction of sp³-hybridized carbons (Fsp3) is 0.500. The number of esters is 1. The summed E-state index contributed by atoms with van der Waals surface area (Å²) < 4.78 is 6.32. The van der Waals surface area contributed by atoms with Gasteiger partial charge in [0.25, 0.3) is 0 Å². The van der Waals surface area contributed by atoms with Gasteiger partial charge < -0.3 is 10.5 Å². The summed E-state index contributed by atoms with van der Waals surface area (Å²) >= 11 is 2.14. The number of hydrogen-bond donors (Lipinski definition) is 1. The number of rotatable bonds is 3. The van der Waals surface area contributed by atoms with Crippen LogP contribution in [0.5, 0.6) is 0 Å². The Labute approximate surface area is 121 Å². The van der Waals surface area contributed by atoms with E-state index in [9.17, 15) is 4.79 Å². The number of nitrogen functional groups attached to an aromatic ring is 1. The number of hydrogen-bond acceptors (Lipinski definition) is 3. The molecule has 1 aliphatic carbocycles. The van der Waals surface area contributed by atoms with Crippen LogP contribution < -0.4 is 5.73 Å². The largest absolute Gasteiger partial charge is 0.462 e. The molecule has 18 heavy (non-hydrogen) atoms. The lowest BCUT2D eigenvalue weighted by atomic mass is 9.90. The molecule has 2 N–H and O–H groups in total. The molecule has 1 saturated carbocycles. The summed E-state index contributed by atoms with van der Waals surface area (Å²) in [6, 6.07) is 5.29. The van der Waals surface area contributed by atoms with Gasteiger partial charge in [-0.05, 0) is 59.5 Å². The first-order chi connectivity index (χ1) is 8.66. The topological polar surface area (TPSA) is 52.3 Å². The Morgan fingerprint density at radius 1 is 1.33 bits per heavy atom. The molecule has 0 bridgehead atoms. The average Bonchev–Trinajstić information content (AvgIpc) is 2.40. The zero-order chi connectivity index (χ0) is 13.0. The molecule has 0 spiro atoms. The van der Waals surface area contributed by atoms with Crippen molar-refractivity contribution in [3.05, 3.63) is 27.3 Å². The highest BCUT2D eigenvalue weighted by molar-refractivity contribution is 14.1. The van der Waals surface area contributed by atoms with E-state index < -0.39 is 0 Å². The fourth-order valence-corrected chi connectivity index (χ4v) is 2.64. The lowest BCUT2D eigenvalue weighted by molar-refractivity contribution is 0.0410. The Balaban J connectivity index is 1.88. The molecule has 4 heteroatoms. The first-order valence-corrected chi connectivity index (χ1v) is 7.47. The molecule has 0 saturated heterocycles. The van der Waals surface area contributed by atoms with Crippen molar-refractivity contribution in [3.8, 4) is 0 Å². The monoisotopic (exact) mass is 359 g/mol. The zero-order valence-corrected chi connectivity index (χ0v) is 12.5. The minimum atomic E-state index is -0.260.